The summed E-state index contributed by atoms with van der Waals surface area (Å²) in [5.74, 6) is 0.931. The van der Waals surface area contributed by atoms with Gasteiger partial charge in [-0.15, -0.1) is 0 Å². The fraction of sp³-hybridized carbons (Fsp3) is 0.750. The van der Waals surface area contributed by atoms with Gasteiger partial charge in [0, 0.05) is 11.0 Å². The summed E-state index contributed by atoms with van der Waals surface area (Å²) in [6.07, 6.45) is 2.31. The Hall–Kier alpha value is -0.170. The van der Waals surface area contributed by atoms with Crippen LogP contribution < -0.4 is 0 Å². The third-order valence-electron chi connectivity index (χ3n) is 1.97. The Morgan fingerprint density at radius 3 is 2.70 bits per heavy atom. The van der Waals surface area contributed by atoms with Crippen LogP contribution in [-0.2, 0) is 4.74 Å². The minimum Gasteiger partial charge on any atom is -0.496 e. The second-order valence-electron chi connectivity index (χ2n) is 3.31. The molecule has 1 nitrogen and oxygen atoms in total. The van der Waals surface area contributed by atoms with E-state index in [-0.39, 0.29) is 5.41 Å². The van der Waals surface area contributed by atoms with Crippen molar-refractivity contribution in [2.45, 2.75) is 26.7 Å². The van der Waals surface area contributed by atoms with Crippen LogP contribution in [0.3, 0.4) is 0 Å². The predicted molar refractivity (Wildman–Crippen MR) is 42.9 cm³/mol. The van der Waals surface area contributed by atoms with E-state index < -0.39 is 0 Å². The van der Waals surface area contributed by atoms with Crippen molar-refractivity contribution < 1.29 is 4.74 Å². The van der Waals surface area contributed by atoms with Gasteiger partial charge in [0.2, 0.25) is 0 Å². The first-order valence-electron chi connectivity index (χ1n) is 3.60. The summed E-state index contributed by atoms with van der Waals surface area (Å²) in [7, 11) is 0. The zero-order valence-corrected chi connectivity index (χ0v) is 7.24. The Labute approximate surface area is 67.0 Å². The minimum absolute atomic E-state index is 0.153. The van der Waals surface area contributed by atoms with Gasteiger partial charge in [-0.25, -0.2) is 0 Å². The maximum absolute atomic E-state index is 5.58. The molecule has 0 aromatic carbocycles. The second kappa shape index (κ2) is 2.83. The molecule has 0 amide bonds. The van der Waals surface area contributed by atoms with E-state index in [1.165, 1.54) is 6.42 Å². The van der Waals surface area contributed by atoms with Crippen molar-refractivity contribution in [3.8, 4) is 0 Å². The number of hydrogen-bond acceptors (Lipinski definition) is 1. The standard InChI is InChI=1S/C8H13ClO/c1-8(2)4-3-5-10-7(8)6-9/h6H,3-5H2,1-2H3/b7-6-. The summed E-state index contributed by atoms with van der Waals surface area (Å²) < 4.78 is 5.37. The Morgan fingerprint density at radius 1 is 1.60 bits per heavy atom. The molecule has 1 heterocycles. The number of allylic oxidation sites excluding steroid dienone is 1. The molecule has 0 bridgehead atoms. The molecule has 0 N–H and O–H groups in total. The fourth-order valence-corrected chi connectivity index (χ4v) is 1.55. The van der Waals surface area contributed by atoms with E-state index in [1.54, 1.807) is 5.54 Å². The number of ether oxygens (including phenoxy) is 1. The first kappa shape index (κ1) is 7.93. The van der Waals surface area contributed by atoms with Crippen LogP contribution in [0.4, 0.5) is 0 Å². The molecule has 0 aromatic heterocycles. The monoisotopic (exact) mass is 160 g/mol. The quantitative estimate of drug-likeness (QED) is 0.530. The molecule has 0 atom stereocenters. The molecule has 1 aliphatic rings. The molecule has 0 aromatic rings. The van der Waals surface area contributed by atoms with Gasteiger partial charge in [-0.3, -0.25) is 0 Å². The van der Waals surface area contributed by atoms with Crippen LogP contribution in [0, 0.1) is 5.41 Å². The molecule has 1 fully saturated rings. The molecule has 0 aliphatic carbocycles. The molecule has 1 saturated heterocycles. The summed E-state index contributed by atoms with van der Waals surface area (Å²) >= 11 is 5.58. The van der Waals surface area contributed by atoms with E-state index in [1.807, 2.05) is 0 Å². The van der Waals surface area contributed by atoms with Crippen molar-refractivity contribution in [2.24, 2.45) is 5.41 Å². The van der Waals surface area contributed by atoms with Gasteiger partial charge in [0.1, 0.15) is 5.76 Å². The molecule has 0 saturated carbocycles. The van der Waals surface area contributed by atoms with Gasteiger partial charge >= 0.3 is 0 Å². The molecule has 1 aliphatic heterocycles. The molecule has 0 unspecified atom stereocenters. The molecule has 58 valence electrons. The maximum atomic E-state index is 5.58. The minimum atomic E-state index is 0.153. The summed E-state index contributed by atoms with van der Waals surface area (Å²) in [5, 5.41) is 0. The lowest BCUT2D eigenvalue weighted by Crippen LogP contribution is -2.22. The Kier molecular flexibility index (Phi) is 2.24. The van der Waals surface area contributed by atoms with Crippen molar-refractivity contribution in [1.29, 1.82) is 0 Å². The molecular formula is C8H13ClO. The number of halogens is 1. The van der Waals surface area contributed by atoms with Crippen molar-refractivity contribution in [1.82, 2.24) is 0 Å². The van der Waals surface area contributed by atoms with Gasteiger partial charge in [-0.05, 0) is 12.8 Å². The molecule has 1 rings (SSSR count). The second-order valence-corrected chi connectivity index (χ2v) is 3.53. The van der Waals surface area contributed by atoms with Gasteiger partial charge in [0.15, 0.2) is 0 Å². The third kappa shape index (κ3) is 1.46. The van der Waals surface area contributed by atoms with Crippen LogP contribution in [0.1, 0.15) is 26.7 Å². The first-order valence-corrected chi connectivity index (χ1v) is 4.04. The van der Waals surface area contributed by atoms with Gasteiger partial charge in [-0.1, -0.05) is 25.4 Å². The van der Waals surface area contributed by atoms with Crippen LogP contribution in [-0.4, -0.2) is 6.61 Å². The van der Waals surface area contributed by atoms with E-state index in [0.717, 1.165) is 18.8 Å². The Bertz CT molecular complexity index is 149. The summed E-state index contributed by atoms with van der Waals surface area (Å²) in [5.41, 5.74) is 1.71. The smallest absolute Gasteiger partial charge is 0.113 e. The zero-order valence-electron chi connectivity index (χ0n) is 6.48. The Morgan fingerprint density at radius 2 is 2.30 bits per heavy atom. The van der Waals surface area contributed by atoms with Crippen LogP contribution >= 0.6 is 11.6 Å². The van der Waals surface area contributed by atoms with E-state index in [9.17, 15) is 0 Å². The fourth-order valence-electron chi connectivity index (χ4n) is 1.19. The van der Waals surface area contributed by atoms with Crippen molar-refractivity contribution >= 4 is 11.6 Å². The average molecular weight is 161 g/mol. The SMILES string of the molecule is CC1(C)CCCO/C1=C\Cl. The van der Waals surface area contributed by atoms with Gasteiger partial charge in [0.05, 0.1) is 6.61 Å². The molecule has 0 radical (unpaired) electrons. The normalized spacial score (nSPS) is 28.1. The van der Waals surface area contributed by atoms with Crippen molar-refractivity contribution in [2.75, 3.05) is 6.61 Å². The third-order valence-corrected chi connectivity index (χ3v) is 2.17. The molecule has 10 heavy (non-hydrogen) atoms. The van der Waals surface area contributed by atoms with Gasteiger partial charge in [-0.2, -0.15) is 0 Å². The van der Waals surface area contributed by atoms with Gasteiger partial charge in [0.25, 0.3) is 0 Å². The van der Waals surface area contributed by atoms with Crippen LogP contribution in [0.5, 0.6) is 0 Å². The van der Waals surface area contributed by atoms with Crippen molar-refractivity contribution in [3.05, 3.63) is 11.3 Å². The first-order chi connectivity index (χ1) is 4.67. The summed E-state index contributed by atoms with van der Waals surface area (Å²) in [4.78, 5) is 0. The summed E-state index contributed by atoms with van der Waals surface area (Å²) in [6, 6.07) is 0. The Balaban J connectivity index is 2.70. The maximum Gasteiger partial charge on any atom is 0.113 e. The van der Waals surface area contributed by atoms with Crippen molar-refractivity contribution in [3.63, 3.8) is 0 Å². The molecule has 2 heteroatoms. The molecule has 0 spiro atoms. The lowest BCUT2D eigenvalue weighted by molar-refractivity contribution is 0.0875. The molecular weight excluding hydrogens is 148 g/mol. The van der Waals surface area contributed by atoms with Crippen LogP contribution in [0.25, 0.3) is 0 Å². The largest absolute Gasteiger partial charge is 0.496 e. The summed E-state index contributed by atoms with van der Waals surface area (Å²) in [6.45, 7) is 5.13. The van der Waals surface area contributed by atoms with E-state index in [0.29, 0.717) is 0 Å². The highest BCUT2D eigenvalue weighted by atomic mass is 35.5. The van der Waals surface area contributed by atoms with E-state index in [4.69, 9.17) is 16.3 Å². The highest BCUT2D eigenvalue weighted by Crippen LogP contribution is 2.36. The zero-order chi connectivity index (χ0) is 7.61. The van der Waals surface area contributed by atoms with Gasteiger partial charge < -0.3 is 4.74 Å². The van der Waals surface area contributed by atoms with E-state index in [2.05, 4.69) is 13.8 Å². The highest BCUT2D eigenvalue weighted by Gasteiger charge is 2.27. The lowest BCUT2D eigenvalue weighted by Gasteiger charge is -2.31. The topological polar surface area (TPSA) is 9.23 Å². The number of rotatable bonds is 0. The average Bonchev–Trinajstić information content (AvgIpc) is 1.87. The number of hydrogen-bond donors (Lipinski definition) is 0. The highest BCUT2D eigenvalue weighted by molar-refractivity contribution is 6.25. The van der Waals surface area contributed by atoms with Crippen LogP contribution in [0.15, 0.2) is 11.3 Å². The lowest BCUT2D eigenvalue weighted by atomic mass is 9.85. The van der Waals surface area contributed by atoms with E-state index >= 15 is 0 Å². The van der Waals surface area contributed by atoms with Crippen LogP contribution in [0.2, 0.25) is 0 Å². The predicted octanol–water partition coefficient (Wildman–Crippen LogP) is 2.90.